The van der Waals surface area contributed by atoms with Crippen LogP contribution in [0, 0.1) is 24.0 Å². The molecule has 0 spiro atoms. The van der Waals surface area contributed by atoms with Crippen LogP contribution in [0.3, 0.4) is 0 Å². The van der Waals surface area contributed by atoms with Gasteiger partial charge in [0.1, 0.15) is 10.8 Å². The number of nitrogens with zero attached hydrogens (tertiary/aromatic N) is 3. The summed E-state index contributed by atoms with van der Waals surface area (Å²) in [6.07, 6.45) is 0. The van der Waals surface area contributed by atoms with Crippen LogP contribution in [0.15, 0.2) is 36.4 Å². The number of amides is 1. The SMILES string of the molecule is Cc1ccc(-n2nc3c(c2NC(=O)c2ccc(Cl)c([N+](=O)[O-])c2)CS(=O)C3)c(C)c1. The minimum absolute atomic E-state index is 0.0480. The van der Waals surface area contributed by atoms with Crippen molar-refractivity contribution in [3.63, 3.8) is 0 Å². The lowest BCUT2D eigenvalue weighted by atomic mass is 10.1. The van der Waals surface area contributed by atoms with Gasteiger partial charge in [0.05, 0.1) is 27.8 Å². The minimum Gasteiger partial charge on any atom is -0.306 e. The Balaban J connectivity index is 1.77. The van der Waals surface area contributed by atoms with Crippen molar-refractivity contribution in [2.45, 2.75) is 25.4 Å². The molecule has 1 N–H and O–H groups in total. The molecule has 0 radical (unpaired) electrons. The number of rotatable bonds is 4. The van der Waals surface area contributed by atoms with E-state index in [4.69, 9.17) is 11.6 Å². The van der Waals surface area contributed by atoms with Gasteiger partial charge in [-0.3, -0.25) is 19.1 Å². The molecule has 0 saturated carbocycles. The van der Waals surface area contributed by atoms with E-state index in [1.165, 1.54) is 12.1 Å². The zero-order valence-corrected chi connectivity index (χ0v) is 17.7. The number of carbonyl (C=O) groups is 1. The van der Waals surface area contributed by atoms with E-state index >= 15 is 0 Å². The smallest absolute Gasteiger partial charge is 0.288 e. The van der Waals surface area contributed by atoms with Crippen LogP contribution in [-0.4, -0.2) is 24.8 Å². The highest BCUT2D eigenvalue weighted by Crippen LogP contribution is 2.33. The first-order valence-electron chi connectivity index (χ1n) is 9.03. The van der Waals surface area contributed by atoms with Crippen LogP contribution < -0.4 is 5.32 Å². The number of nitro benzene ring substituents is 1. The van der Waals surface area contributed by atoms with Gasteiger partial charge < -0.3 is 5.32 Å². The van der Waals surface area contributed by atoms with Crippen LogP contribution in [0.25, 0.3) is 5.69 Å². The van der Waals surface area contributed by atoms with E-state index in [-0.39, 0.29) is 22.0 Å². The fourth-order valence-electron chi connectivity index (χ4n) is 3.45. The molecular weight excluding hydrogens is 428 g/mol. The number of benzene rings is 2. The van der Waals surface area contributed by atoms with Gasteiger partial charge in [-0.05, 0) is 37.6 Å². The summed E-state index contributed by atoms with van der Waals surface area (Å²) in [6, 6.07) is 9.73. The summed E-state index contributed by atoms with van der Waals surface area (Å²) in [5.41, 5.74) is 3.98. The predicted octanol–water partition coefficient (Wildman–Crippen LogP) is 4.07. The van der Waals surface area contributed by atoms with Crippen LogP contribution in [0.1, 0.15) is 32.7 Å². The minimum atomic E-state index is -1.08. The zero-order chi connectivity index (χ0) is 21.6. The molecule has 2 heterocycles. The second-order valence-electron chi connectivity index (χ2n) is 7.08. The maximum atomic E-state index is 12.9. The number of hydrogen-bond donors (Lipinski definition) is 1. The summed E-state index contributed by atoms with van der Waals surface area (Å²) in [4.78, 5) is 23.4. The van der Waals surface area contributed by atoms with Gasteiger partial charge in [-0.1, -0.05) is 29.3 Å². The number of hydrogen-bond acceptors (Lipinski definition) is 5. The molecule has 1 unspecified atom stereocenters. The van der Waals surface area contributed by atoms with Crippen LogP contribution in [0.5, 0.6) is 0 Å². The number of nitrogens with one attached hydrogen (secondary N) is 1. The molecule has 1 amide bonds. The Bertz CT molecular complexity index is 1240. The molecule has 154 valence electrons. The van der Waals surface area contributed by atoms with E-state index in [1.807, 2.05) is 32.0 Å². The Morgan fingerprint density at radius 3 is 2.70 bits per heavy atom. The van der Waals surface area contributed by atoms with Crippen molar-refractivity contribution in [1.82, 2.24) is 9.78 Å². The molecule has 1 aliphatic heterocycles. The number of fused-ring (bicyclic) bond motifs is 1. The molecule has 10 heteroatoms. The average Bonchev–Trinajstić information content (AvgIpc) is 3.19. The molecule has 4 rings (SSSR count). The predicted molar refractivity (Wildman–Crippen MR) is 115 cm³/mol. The Morgan fingerprint density at radius 1 is 1.23 bits per heavy atom. The number of anilines is 1. The second kappa shape index (κ2) is 7.66. The Morgan fingerprint density at radius 2 is 2.00 bits per heavy atom. The number of aryl methyl sites for hydroxylation is 2. The summed E-state index contributed by atoms with van der Waals surface area (Å²) >= 11 is 5.85. The number of halogens is 1. The monoisotopic (exact) mass is 444 g/mol. The van der Waals surface area contributed by atoms with Crippen LogP contribution in [-0.2, 0) is 22.3 Å². The molecule has 30 heavy (non-hydrogen) atoms. The topological polar surface area (TPSA) is 107 Å². The number of aromatic nitrogens is 2. The molecule has 2 aromatic carbocycles. The molecule has 3 aromatic rings. The standard InChI is InChI=1S/C20H17ClN4O4S/c1-11-3-6-17(12(2)7-11)24-19(14-9-30(29)10-16(14)23-24)22-20(26)13-4-5-15(21)18(8-13)25(27)28/h3-8H,9-10H2,1-2H3,(H,22,26). The van der Waals surface area contributed by atoms with Crippen LogP contribution in [0.2, 0.25) is 5.02 Å². The zero-order valence-electron chi connectivity index (χ0n) is 16.1. The largest absolute Gasteiger partial charge is 0.306 e. The van der Waals surface area contributed by atoms with Gasteiger partial charge in [-0.15, -0.1) is 0 Å². The molecule has 0 aliphatic carbocycles. The summed E-state index contributed by atoms with van der Waals surface area (Å²) in [5, 5.41) is 18.5. The maximum absolute atomic E-state index is 12.9. The summed E-state index contributed by atoms with van der Waals surface area (Å²) in [5.74, 6) is 0.491. The van der Waals surface area contributed by atoms with Gasteiger partial charge in [0.25, 0.3) is 11.6 Å². The van der Waals surface area contributed by atoms with Crippen molar-refractivity contribution in [3.8, 4) is 5.69 Å². The fourth-order valence-corrected chi connectivity index (χ4v) is 4.90. The van der Waals surface area contributed by atoms with E-state index in [0.29, 0.717) is 22.8 Å². The normalized spacial score (nSPS) is 15.1. The molecule has 1 aliphatic rings. The highest BCUT2D eigenvalue weighted by atomic mass is 35.5. The van der Waals surface area contributed by atoms with E-state index < -0.39 is 21.6 Å². The number of carbonyl (C=O) groups excluding carboxylic acids is 1. The van der Waals surface area contributed by atoms with E-state index in [2.05, 4.69) is 10.4 Å². The Hall–Kier alpha value is -3.04. The van der Waals surface area contributed by atoms with Crippen molar-refractivity contribution in [2.24, 2.45) is 0 Å². The third-order valence-electron chi connectivity index (χ3n) is 4.89. The quantitative estimate of drug-likeness (QED) is 0.482. The van der Waals surface area contributed by atoms with Crippen LogP contribution in [0.4, 0.5) is 11.5 Å². The lowest BCUT2D eigenvalue weighted by Crippen LogP contribution is -2.17. The van der Waals surface area contributed by atoms with Crippen molar-refractivity contribution in [2.75, 3.05) is 5.32 Å². The second-order valence-corrected chi connectivity index (χ2v) is 8.95. The van der Waals surface area contributed by atoms with E-state index in [1.54, 1.807) is 4.68 Å². The fraction of sp³-hybridized carbons (Fsp3) is 0.200. The molecule has 0 saturated heterocycles. The van der Waals surface area contributed by atoms with Gasteiger partial charge in [-0.25, -0.2) is 4.68 Å². The molecule has 0 bridgehead atoms. The van der Waals surface area contributed by atoms with Gasteiger partial charge in [0, 0.05) is 28.0 Å². The van der Waals surface area contributed by atoms with E-state index in [9.17, 15) is 19.1 Å². The van der Waals surface area contributed by atoms with Crippen molar-refractivity contribution >= 4 is 39.8 Å². The van der Waals surface area contributed by atoms with Crippen molar-refractivity contribution in [3.05, 3.63) is 79.5 Å². The third kappa shape index (κ3) is 3.61. The average molecular weight is 445 g/mol. The van der Waals surface area contributed by atoms with Gasteiger partial charge in [0.2, 0.25) is 0 Å². The summed E-state index contributed by atoms with van der Waals surface area (Å²) in [7, 11) is -1.08. The first-order valence-corrected chi connectivity index (χ1v) is 10.9. The van der Waals surface area contributed by atoms with Gasteiger partial charge in [-0.2, -0.15) is 5.10 Å². The first-order chi connectivity index (χ1) is 14.2. The highest BCUT2D eigenvalue weighted by molar-refractivity contribution is 7.83. The van der Waals surface area contributed by atoms with E-state index in [0.717, 1.165) is 22.9 Å². The van der Waals surface area contributed by atoms with Gasteiger partial charge in [0.15, 0.2) is 0 Å². The summed E-state index contributed by atoms with van der Waals surface area (Å²) in [6.45, 7) is 3.93. The molecule has 8 nitrogen and oxygen atoms in total. The Kier molecular flexibility index (Phi) is 5.17. The van der Waals surface area contributed by atoms with Crippen LogP contribution >= 0.6 is 11.6 Å². The Labute approximate surface area is 179 Å². The van der Waals surface area contributed by atoms with Gasteiger partial charge >= 0.3 is 0 Å². The number of nitro groups is 1. The molecule has 1 atom stereocenters. The molecule has 1 aromatic heterocycles. The molecule has 0 fully saturated rings. The van der Waals surface area contributed by atoms with Crippen molar-refractivity contribution < 1.29 is 13.9 Å². The first kappa shape index (κ1) is 20.2. The third-order valence-corrected chi connectivity index (χ3v) is 6.41. The summed E-state index contributed by atoms with van der Waals surface area (Å²) < 4.78 is 13.7. The maximum Gasteiger partial charge on any atom is 0.288 e. The lowest BCUT2D eigenvalue weighted by Gasteiger charge is -2.13. The molecular formula is C20H17ClN4O4S. The van der Waals surface area contributed by atoms with Crippen molar-refractivity contribution in [1.29, 1.82) is 0 Å². The lowest BCUT2D eigenvalue weighted by molar-refractivity contribution is -0.384. The highest BCUT2D eigenvalue weighted by Gasteiger charge is 2.29.